The number of guanidine groups is 1. The van der Waals surface area contributed by atoms with Gasteiger partial charge < -0.3 is 11.1 Å². The summed E-state index contributed by atoms with van der Waals surface area (Å²) in [6, 6.07) is 13.9. The normalized spacial score (nSPS) is 10.1. The van der Waals surface area contributed by atoms with Crippen molar-refractivity contribution in [2.45, 2.75) is 19.9 Å². The largest absolute Gasteiger partial charge is 0.370 e. The van der Waals surface area contributed by atoms with Crippen LogP contribution >= 0.6 is 12.2 Å². The Labute approximate surface area is 142 Å². The second kappa shape index (κ2) is 8.24. The smallest absolute Gasteiger partial charge is 0.194 e. The SMILES string of the molecule is Cc1cccnc1CCN(C(=N)N)C(=S)NCc1ccccc1. The van der Waals surface area contributed by atoms with Crippen LogP contribution in [-0.4, -0.2) is 27.5 Å². The molecule has 0 saturated carbocycles. The summed E-state index contributed by atoms with van der Waals surface area (Å²) in [7, 11) is 0. The van der Waals surface area contributed by atoms with Crippen LogP contribution in [0.1, 0.15) is 16.8 Å². The lowest BCUT2D eigenvalue weighted by molar-refractivity contribution is 0.573. The predicted molar refractivity (Wildman–Crippen MR) is 97.2 cm³/mol. The van der Waals surface area contributed by atoms with Crippen molar-refractivity contribution in [1.29, 1.82) is 5.41 Å². The Morgan fingerprint density at radius 1 is 1.26 bits per heavy atom. The zero-order valence-electron chi connectivity index (χ0n) is 13.1. The Bertz CT molecular complexity index is 672. The quantitative estimate of drug-likeness (QED) is 0.446. The first-order valence-electron chi connectivity index (χ1n) is 7.41. The summed E-state index contributed by atoms with van der Waals surface area (Å²) in [5, 5.41) is 11.3. The van der Waals surface area contributed by atoms with Crippen LogP contribution in [0, 0.1) is 12.3 Å². The molecule has 0 saturated heterocycles. The molecule has 0 radical (unpaired) electrons. The van der Waals surface area contributed by atoms with E-state index in [1.54, 1.807) is 11.1 Å². The molecule has 2 rings (SSSR count). The van der Waals surface area contributed by atoms with Crippen molar-refractivity contribution in [3.8, 4) is 0 Å². The lowest BCUT2D eigenvalue weighted by Gasteiger charge is -2.24. The van der Waals surface area contributed by atoms with Crippen molar-refractivity contribution in [2.24, 2.45) is 5.73 Å². The van der Waals surface area contributed by atoms with Gasteiger partial charge in [-0.3, -0.25) is 15.3 Å². The van der Waals surface area contributed by atoms with E-state index in [1.807, 2.05) is 49.4 Å². The Morgan fingerprint density at radius 3 is 2.65 bits per heavy atom. The zero-order valence-corrected chi connectivity index (χ0v) is 13.9. The van der Waals surface area contributed by atoms with E-state index in [9.17, 15) is 0 Å². The number of benzene rings is 1. The molecule has 1 aromatic carbocycles. The van der Waals surface area contributed by atoms with Gasteiger partial charge in [0, 0.05) is 31.4 Å². The first-order valence-corrected chi connectivity index (χ1v) is 7.82. The van der Waals surface area contributed by atoms with E-state index in [1.165, 1.54) is 0 Å². The highest BCUT2D eigenvalue weighted by Gasteiger charge is 2.13. The van der Waals surface area contributed by atoms with Crippen molar-refractivity contribution in [3.63, 3.8) is 0 Å². The van der Waals surface area contributed by atoms with Gasteiger partial charge in [0.05, 0.1) is 0 Å². The Morgan fingerprint density at radius 2 is 2.00 bits per heavy atom. The van der Waals surface area contributed by atoms with Gasteiger partial charge in [-0.25, -0.2) is 0 Å². The number of pyridine rings is 1. The highest BCUT2D eigenvalue weighted by Crippen LogP contribution is 2.05. The highest BCUT2D eigenvalue weighted by atomic mass is 32.1. The molecular weight excluding hydrogens is 306 g/mol. The van der Waals surface area contributed by atoms with Crippen LogP contribution in [0.25, 0.3) is 0 Å². The fourth-order valence-electron chi connectivity index (χ4n) is 2.20. The summed E-state index contributed by atoms with van der Waals surface area (Å²) in [4.78, 5) is 5.95. The van der Waals surface area contributed by atoms with Crippen LogP contribution in [0.15, 0.2) is 48.7 Å². The molecule has 0 spiro atoms. The minimum atomic E-state index is -0.0656. The summed E-state index contributed by atoms with van der Waals surface area (Å²) in [6.07, 6.45) is 2.45. The molecular formula is C17H21N5S. The molecule has 0 aliphatic rings. The summed E-state index contributed by atoms with van der Waals surface area (Å²) in [6.45, 7) is 3.15. The van der Waals surface area contributed by atoms with Gasteiger partial charge in [0.15, 0.2) is 11.1 Å². The van der Waals surface area contributed by atoms with E-state index in [4.69, 9.17) is 23.4 Å². The van der Waals surface area contributed by atoms with Gasteiger partial charge in [-0.2, -0.15) is 0 Å². The molecule has 0 bridgehead atoms. The summed E-state index contributed by atoms with van der Waals surface area (Å²) in [5.74, 6) is -0.0656. The number of hydrogen-bond acceptors (Lipinski definition) is 3. The van der Waals surface area contributed by atoms with Gasteiger partial charge >= 0.3 is 0 Å². The molecule has 0 fully saturated rings. The Balaban J connectivity index is 1.94. The van der Waals surface area contributed by atoms with Crippen molar-refractivity contribution >= 4 is 23.3 Å². The van der Waals surface area contributed by atoms with E-state index in [0.29, 0.717) is 24.6 Å². The van der Waals surface area contributed by atoms with Gasteiger partial charge in [-0.15, -0.1) is 0 Å². The number of nitrogens with zero attached hydrogens (tertiary/aromatic N) is 2. The van der Waals surface area contributed by atoms with Crippen LogP contribution in [0.4, 0.5) is 0 Å². The van der Waals surface area contributed by atoms with Gasteiger partial charge in [-0.05, 0) is 36.3 Å². The van der Waals surface area contributed by atoms with Crippen LogP contribution in [0.3, 0.4) is 0 Å². The number of thiocarbonyl (C=S) groups is 1. The molecule has 0 unspecified atom stereocenters. The van der Waals surface area contributed by atoms with E-state index in [0.717, 1.165) is 16.8 Å². The minimum absolute atomic E-state index is 0.0656. The Hall–Kier alpha value is -2.47. The molecule has 5 nitrogen and oxygen atoms in total. The van der Waals surface area contributed by atoms with E-state index in [2.05, 4.69) is 10.3 Å². The summed E-state index contributed by atoms with van der Waals surface area (Å²) < 4.78 is 0. The van der Waals surface area contributed by atoms with Gasteiger partial charge in [0.2, 0.25) is 0 Å². The Kier molecular flexibility index (Phi) is 6.05. The lowest BCUT2D eigenvalue weighted by atomic mass is 10.1. The minimum Gasteiger partial charge on any atom is -0.370 e. The molecule has 6 heteroatoms. The molecule has 0 aliphatic carbocycles. The fraction of sp³-hybridized carbons (Fsp3) is 0.235. The maximum Gasteiger partial charge on any atom is 0.194 e. The summed E-state index contributed by atoms with van der Waals surface area (Å²) >= 11 is 5.37. The number of rotatable bonds is 5. The van der Waals surface area contributed by atoms with Gasteiger partial charge in [0.25, 0.3) is 0 Å². The van der Waals surface area contributed by atoms with Crippen molar-refractivity contribution in [3.05, 3.63) is 65.5 Å². The van der Waals surface area contributed by atoms with Crippen molar-refractivity contribution in [1.82, 2.24) is 15.2 Å². The first kappa shape index (κ1) is 16.9. The number of aryl methyl sites for hydroxylation is 1. The molecule has 120 valence electrons. The molecule has 1 aromatic heterocycles. The molecule has 1 heterocycles. The second-order valence-electron chi connectivity index (χ2n) is 5.20. The van der Waals surface area contributed by atoms with E-state index >= 15 is 0 Å². The third-order valence-corrected chi connectivity index (χ3v) is 3.88. The molecule has 2 aromatic rings. The van der Waals surface area contributed by atoms with E-state index in [-0.39, 0.29) is 5.96 Å². The maximum atomic E-state index is 7.74. The molecule has 0 amide bonds. The first-order chi connectivity index (χ1) is 11.1. The van der Waals surface area contributed by atoms with Gasteiger partial charge in [-0.1, -0.05) is 36.4 Å². The van der Waals surface area contributed by atoms with E-state index < -0.39 is 0 Å². The average molecular weight is 327 g/mol. The number of hydrogen-bond donors (Lipinski definition) is 3. The maximum absolute atomic E-state index is 7.74. The zero-order chi connectivity index (χ0) is 16.7. The van der Waals surface area contributed by atoms with Gasteiger partial charge in [0.1, 0.15) is 0 Å². The van der Waals surface area contributed by atoms with Crippen LogP contribution in [-0.2, 0) is 13.0 Å². The predicted octanol–water partition coefficient (Wildman–Crippen LogP) is 2.20. The number of nitrogens with two attached hydrogens (primary N) is 1. The van der Waals surface area contributed by atoms with Crippen LogP contribution in [0.5, 0.6) is 0 Å². The molecule has 0 atom stereocenters. The van der Waals surface area contributed by atoms with Crippen molar-refractivity contribution < 1.29 is 0 Å². The molecule has 0 aliphatic heterocycles. The topological polar surface area (TPSA) is 78.0 Å². The van der Waals surface area contributed by atoms with Crippen LogP contribution in [0.2, 0.25) is 0 Å². The number of aromatic nitrogens is 1. The third-order valence-electron chi connectivity index (χ3n) is 3.51. The summed E-state index contributed by atoms with van der Waals surface area (Å²) in [5.41, 5.74) is 8.91. The number of nitrogens with one attached hydrogen (secondary N) is 2. The fourth-order valence-corrected chi connectivity index (χ4v) is 2.46. The second-order valence-corrected chi connectivity index (χ2v) is 5.58. The average Bonchev–Trinajstić information content (AvgIpc) is 2.55. The standard InChI is InChI=1S/C17H21N5S/c1-13-6-5-10-20-15(13)9-11-22(16(18)19)17(23)21-12-14-7-3-2-4-8-14/h2-8,10H,9,11-12H2,1H3,(H3,18,19)(H,21,23). The lowest BCUT2D eigenvalue weighted by Crippen LogP contribution is -2.47. The third kappa shape index (κ3) is 5.03. The highest BCUT2D eigenvalue weighted by molar-refractivity contribution is 7.80. The van der Waals surface area contributed by atoms with Crippen molar-refractivity contribution in [2.75, 3.05) is 6.54 Å². The molecule has 23 heavy (non-hydrogen) atoms. The van der Waals surface area contributed by atoms with Crippen LogP contribution < -0.4 is 11.1 Å². The molecule has 4 N–H and O–H groups in total. The monoisotopic (exact) mass is 327 g/mol.